The summed E-state index contributed by atoms with van der Waals surface area (Å²) in [4.78, 5) is 26.8. The second-order valence-electron chi connectivity index (χ2n) is 8.13. The fourth-order valence-electron chi connectivity index (χ4n) is 4.78. The SMILES string of the molecule is CCOC(=O)C1=Cc2cc(OC)c(OC)c(OC)c2[C@H](c2cc(OC)c(OC)c(OC)c2)[C@@H]1C(=O)OCC. The first kappa shape index (κ1) is 28.5. The third kappa shape index (κ3) is 5.03. The number of ether oxygens (including phenoxy) is 8. The maximum atomic E-state index is 13.6. The molecule has 0 N–H and O–H groups in total. The molecule has 3 rings (SSSR count). The maximum absolute atomic E-state index is 13.6. The van der Waals surface area contributed by atoms with Gasteiger partial charge in [-0.15, -0.1) is 0 Å². The first-order valence-corrected chi connectivity index (χ1v) is 12.0. The van der Waals surface area contributed by atoms with Gasteiger partial charge in [-0.05, 0) is 49.2 Å². The molecule has 0 unspecified atom stereocenters. The van der Waals surface area contributed by atoms with Crippen molar-refractivity contribution in [2.24, 2.45) is 5.92 Å². The molecule has 0 aliphatic heterocycles. The average Bonchev–Trinajstić information content (AvgIpc) is 2.94. The predicted molar refractivity (Wildman–Crippen MR) is 139 cm³/mol. The topological polar surface area (TPSA) is 108 Å². The number of hydrogen-bond acceptors (Lipinski definition) is 10. The highest BCUT2D eigenvalue weighted by molar-refractivity contribution is 6.02. The summed E-state index contributed by atoms with van der Waals surface area (Å²) in [6.07, 6.45) is 1.61. The summed E-state index contributed by atoms with van der Waals surface area (Å²) in [6, 6.07) is 5.18. The van der Waals surface area contributed by atoms with E-state index >= 15 is 0 Å². The van der Waals surface area contributed by atoms with Crippen LogP contribution >= 0.6 is 0 Å². The van der Waals surface area contributed by atoms with Gasteiger partial charge in [0.05, 0.1) is 61.4 Å². The maximum Gasteiger partial charge on any atom is 0.334 e. The molecule has 0 saturated heterocycles. The van der Waals surface area contributed by atoms with Crippen molar-refractivity contribution < 1.29 is 47.5 Å². The van der Waals surface area contributed by atoms with E-state index in [4.69, 9.17) is 37.9 Å². The number of rotatable bonds is 11. The smallest absolute Gasteiger partial charge is 0.334 e. The Kier molecular flexibility index (Phi) is 9.33. The van der Waals surface area contributed by atoms with Crippen LogP contribution < -0.4 is 28.4 Å². The monoisotopic (exact) mass is 530 g/mol. The lowest BCUT2D eigenvalue weighted by atomic mass is 9.70. The van der Waals surface area contributed by atoms with Crippen LogP contribution in [-0.2, 0) is 19.1 Å². The highest BCUT2D eigenvalue weighted by Crippen LogP contribution is 2.54. The number of fused-ring (bicyclic) bond motifs is 1. The lowest BCUT2D eigenvalue weighted by Crippen LogP contribution is -2.34. The molecule has 2 aromatic rings. The second-order valence-corrected chi connectivity index (χ2v) is 8.13. The first-order valence-electron chi connectivity index (χ1n) is 12.0. The van der Waals surface area contributed by atoms with Crippen LogP contribution in [0.15, 0.2) is 23.8 Å². The number of carbonyl (C=O) groups is 2. The predicted octanol–water partition coefficient (Wildman–Crippen LogP) is 4.01. The minimum Gasteiger partial charge on any atom is -0.493 e. The fourth-order valence-corrected chi connectivity index (χ4v) is 4.78. The van der Waals surface area contributed by atoms with Crippen LogP contribution in [0.3, 0.4) is 0 Å². The van der Waals surface area contributed by atoms with E-state index in [1.54, 1.807) is 38.1 Å². The van der Waals surface area contributed by atoms with Gasteiger partial charge in [0.2, 0.25) is 11.5 Å². The zero-order valence-electron chi connectivity index (χ0n) is 23.0. The van der Waals surface area contributed by atoms with Gasteiger partial charge in [-0.3, -0.25) is 4.79 Å². The quantitative estimate of drug-likeness (QED) is 0.396. The minimum absolute atomic E-state index is 0.114. The molecule has 10 heteroatoms. The Morgan fingerprint density at radius 2 is 1.21 bits per heavy atom. The van der Waals surface area contributed by atoms with Gasteiger partial charge in [0, 0.05) is 11.5 Å². The van der Waals surface area contributed by atoms with E-state index in [2.05, 4.69) is 0 Å². The molecule has 2 atom stereocenters. The Morgan fingerprint density at radius 1 is 0.684 bits per heavy atom. The van der Waals surface area contributed by atoms with Gasteiger partial charge in [-0.2, -0.15) is 0 Å². The Bertz CT molecular complexity index is 1190. The Hall–Kier alpha value is -4.08. The molecule has 38 heavy (non-hydrogen) atoms. The molecule has 0 amide bonds. The van der Waals surface area contributed by atoms with Crippen LogP contribution in [0.25, 0.3) is 6.08 Å². The zero-order valence-corrected chi connectivity index (χ0v) is 23.0. The lowest BCUT2D eigenvalue weighted by molar-refractivity contribution is -0.150. The third-order valence-electron chi connectivity index (χ3n) is 6.29. The van der Waals surface area contributed by atoms with Crippen LogP contribution in [0.2, 0.25) is 0 Å². The molecule has 0 bridgehead atoms. The van der Waals surface area contributed by atoms with E-state index in [1.165, 1.54) is 42.7 Å². The molecule has 0 saturated carbocycles. The molecule has 0 spiro atoms. The van der Waals surface area contributed by atoms with Crippen molar-refractivity contribution in [1.82, 2.24) is 0 Å². The minimum atomic E-state index is -1.09. The second kappa shape index (κ2) is 12.4. The summed E-state index contributed by atoms with van der Waals surface area (Å²) in [5, 5.41) is 0. The van der Waals surface area contributed by atoms with E-state index in [-0.39, 0.29) is 18.8 Å². The van der Waals surface area contributed by atoms with Crippen molar-refractivity contribution in [3.8, 4) is 34.5 Å². The van der Waals surface area contributed by atoms with Crippen molar-refractivity contribution in [1.29, 1.82) is 0 Å². The average molecular weight is 531 g/mol. The van der Waals surface area contributed by atoms with Crippen LogP contribution in [0.5, 0.6) is 34.5 Å². The van der Waals surface area contributed by atoms with Crippen LogP contribution in [0.1, 0.15) is 36.5 Å². The molecule has 206 valence electrons. The summed E-state index contributed by atoms with van der Waals surface area (Å²) in [5.74, 6) is -0.932. The molecule has 0 heterocycles. The summed E-state index contributed by atoms with van der Waals surface area (Å²) in [5.41, 5.74) is 1.89. The van der Waals surface area contributed by atoms with Gasteiger partial charge >= 0.3 is 11.9 Å². The molecule has 1 aliphatic carbocycles. The van der Waals surface area contributed by atoms with E-state index in [0.29, 0.717) is 51.2 Å². The molecular weight excluding hydrogens is 496 g/mol. The summed E-state index contributed by atoms with van der Waals surface area (Å²) >= 11 is 0. The Balaban J connectivity index is 2.50. The van der Waals surface area contributed by atoms with Gasteiger partial charge in [-0.25, -0.2) is 4.79 Å². The molecule has 0 fully saturated rings. The summed E-state index contributed by atoms with van der Waals surface area (Å²) in [6.45, 7) is 3.64. The van der Waals surface area contributed by atoms with Crippen molar-refractivity contribution in [3.05, 3.63) is 40.5 Å². The molecule has 10 nitrogen and oxygen atoms in total. The standard InChI is InChI=1S/C28H34O10/c1-9-37-27(29)17-11-15-12-20(33-5)25(35-7)26(36-8)22(15)21(23(17)28(30)38-10-2)16-13-18(31-3)24(34-6)19(14-16)32-4/h11-14,21,23H,9-10H2,1-8H3/t21-,23+/m0/s1. The van der Waals surface area contributed by atoms with Crippen molar-refractivity contribution in [2.45, 2.75) is 19.8 Å². The molecular formula is C28H34O10. The van der Waals surface area contributed by atoms with Gasteiger partial charge in [-0.1, -0.05) is 0 Å². The largest absolute Gasteiger partial charge is 0.493 e. The lowest BCUT2D eigenvalue weighted by Gasteiger charge is -2.34. The Labute approximate surface area is 222 Å². The van der Waals surface area contributed by atoms with Gasteiger partial charge in [0.25, 0.3) is 0 Å². The van der Waals surface area contributed by atoms with Gasteiger partial charge in [0.15, 0.2) is 23.0 Å². The normalized spacial score (nSPS) is 15.9. The zero-order chi connectivity index (χ0) is 28.0. The van der Waals surface area contributed by atoms with E-state index in [9.17, 15) is 9.59 Å². The first-order chi connectivity index (χ1) is 18.3. The fraction of sp³-hybridized carbons (Fsp3) is 0.429. The summed E-state index contributed by atoms with van der Waals surface area (Å²) < 4.78 is 44.5. The van der Waals surface area contributed by atoms with Crippen LogP contribution in [0, 0.1) is 5.92 Å². The number of benzene rings is 2. The van der Waals surface area contributed by atoms with E-state index < -0.39 is 23.8 Å². The van der Waals surface area contributed by atoms with Gasteiger partial charge in [0.1, 0.15) is 5.92 Å². The molecule has 0 radical (unpaired) electrons. The number of hydrogen-bond donors (Lipinski definition) is 0. The van der Waals surface area contributed by atoms with Crippen LogP contribution in [0.4, 0.5) is 0 Å². The summed E-state index contributed by atoms with van der Waals surface area (Å²) in [7, 11) is 8.98. The number of carbonyl (C=O) groups excluding carboxylic acids is 2. The van der Waals surface area contributed by atoms with Crippen molar-refractivity contribution in [2.75, 3.05) is 55.9 Å². The van der Waals surface area contributed by atoms with Crippen molar-refractivity contribution >= 4 is 18.0 Å². The van der Waals surface area contributed by atoms with Gasteiger partial charge < -0.3 is 37.9 Å². The number of methoxy groups -OCH3 is 6. The molecule has 1 aliphatic rings. The van der Waals surface area contributed by atoms with E-state index in [1.807, 2.05) is 0 Å². The molecule has 0 aromatic heterocycles. The number of esters is 2. The molecule has 2 aromatic carbocycles. The third-order valence-corrected chi connectivity index (χ3v) is 6.29. The highest BCUT2D eigenvalue weighted by atomic mass is 16.5. The highest BCUT2D eigenvalue weighted by Gasteiger charge is 2.45. The van der Waals surface area contributed by atoms with Crippen LogP contribution in [-0.4, -0.2) is 67.8 Å². The van der Waals surface area contributed by atoms with Crippen molar-refractivity contribution in [3.63, 3.8) is 0 Å². The van der Waals surface area contributed by atoms with E-state index in [0.717, 1.165) is 0 Å². The Morgan fingerprint density at radius 3 is 1.68 bits per heavy atom.